The average Bonchev–Trinajstić information content (AvgIpc) is 2.61. The molecule has 1 aromatic carbocycles. The lowest BCUT2D eigenvalue weighted by Crippen LogP contribution is -2.64. The zero-order chi connectivity index (χ0) is 20.8. The quantitative estimate of drug-likeness (QED) is 0.258. The molecule has 0 saturated heterocycles. The Balaban J connectivity index is 1.83. The third-order valence-electron chi connectivity index (χ3n) is 4.47. The van der Waals surface area contributed by atoms with Crippen LogP contribution in [-0.4, -0.2) is 67.0 Å². The molecule has 0 bridgehead atoms. The van der Waals surface area contributed by atoms with Crippen LogP contribution in [0.2, 0.25) is 0 Å². The summed E-state index contributed by atoms with van der Waals surface area (Å²) in [5.74, 6) is -0.215. The number of fused-ring (bicyclic) bond motifs is 1. The van der Waals surface area contributed by atoms with Gasteiger partial charge in [0.15, 0.2) is 0 Å². The summed E-state index contributed by atoms with van der Waals surface area (Å²) >= 11 is 0. The van der Waals surface area contributed by atoms with Crippen LogP contribution < -0.4 is 10.1 Å². The van der Waals surface area contributed by atoms with Gasteiger partial charge in [-0.05, 0) is 24.6 Å². The molecule has 1 fully saturated rings. The van der Waals surface area contributed by atoms with Crippen molar-refractivity contribution in [3.8, 4) is 5.75 Å². The summed E-state index contributed by atoms with van der Waals surface area (Å²) in [5.41, 5.74) is 0.0889. The van der Waals surface area contributed by atoms with E-state index in [1.54, 1.807) is 6.92 Å². The molecule has 0 radical (unpaired) electrons. The summed E-state index contributed by atoms with van der Waals surface area (Å²) in [6.45, 7) is 1.68. The second-order valence-corrected chi connectivity index (χ2v) is 7.82. The Bertz CT molecular complexity index is 957. The van der Waals surface area contributed by atoms with Crippen LogP contribution in [0, 0.1) is 6.92 Å². The van der Waals surface area contributed by atoms with Crippen LogP contribution >= 0.6 is 7.82 Å². The van der Waals surface area contributed by atoms with Gasteiger partial charge in [-0.15, -0.1) is 0 Å². The Hall–Kier alpha value is -1.82. The van der Waals surface area contributed by atoms with Crippen LogP contribution in [0.15, 0.2) is 33.5 Å². The van der Waals surface area contributed by atoms with Crippen molar-refractivity contribution in [1.82, 2.24) is 0 Å². The topological polar surface area (TPSA) is 187 Å². The third-order valence-corrected chi connectivity index (χ3v) is 5.42. The van der Waals surface area contributed by atoms with Gasteiger partial charge in [-0.3, -0.25) is 9.42 Å². The van der Waals surface area contributed by atoms with Crippen molar-refractivity contribution in [2.45, 2.75) is 43.5 Å². The second-order valence-electron chi connectivity index (χ2n) is 6.49. The molecular formula is C16H19O11P. The first kappa shape index (κ1) is 20.9. The van der Waals surface area contributed by atoms with Gasteiger partial charge >= 0.3 is 13.4 Å². The van der Waals surface area contributed by atoms with Gasteiger partial charge in [-0.25, -0.2) is 9.36 Å². The molecule has 1 heterocycles. The molecule has 28 heavy (non-hydrogen) atoms. The van der Waals surface area contributed by atoms with Crippen LogP contribution in [-0.2, 0) is 9.09 Å². The van der Waals surface area contributed by atoms with Gasteiger partial charge in [-0.2, -0.15) is 0 Å². The fourth-order valence-corrected chi connectivity index (χ4v) is 3.97. The molecule has 5 unspecified atom stereocenters. The monoisotopic (exact) mass is 418 g/mol. The predicted molar refractivity (Wildman–Crippen MR) is 92.6 cm³/mol. The van der Waals surface area contributed by atoms with Crippen molar-refractivity contribution in [2.75, 3.05) is 0 Å². The largest absolute Gasteiger partial charge is 0.527 e. The summed E-state index contributed by atoms with van der Waals surface area (Å²) in [6, 6.07) is 5.25. The number of phosphoric ester groups is 1. The van der Waals surface area contributed by atoms with Gasteiger partial charge < -0.3 is 34.5 Å². The highest BCUT2D eigenvalue weighted by Crippen LogP contribution is 2.47. The maximum Gasteiger partial charge on any atom is 0.527 e. The van der Waals surface area contributed by atoms with Gasteiger partial charge in [0.05, 0.1) is 0 Å². The lowest BCUT2D eigenvalue weighted by molar-refractivity contribution is -0.219. The van der Waals surface area contributed by atoms with Crippen molar-refractivity contribution in [3.05, 3.63) is 40.2 Å². The van der Waals surface area contributed by atoms with Gasteiger partial charge in [-0.1, -0.05) is 0 Å². The Morgan fingerprint density at radius 2 is 1.54 bits per heavy atom. The van der Waals surface area contributed by atoms with E-state index < -0.39 is 50.1 Å². The van der Waals surface area contributed by atoms with Crippen LogP contribution in [0.1, 0.15) is 5.56 Å². The Kier molecular flexibility index (Phi) is 5.63. The molecular weight excluding hydrogens is 399 g/mol. The number of hydrogen-bond donors (Lipinski definition) is 6. The van der Waals surface area contributed by atoms with E-state index in [1.807, 2.05) is 0 Å². The fraction of sp³-hybridized carbons (Fsp3) is 0.438. The molecule has 3 rings (SSSR count). The number of aliphatic hydroxyl groups excluding tert-OH is 5. The second kappa shape index (κ2) is 7.54. The van der Waals surface area contributed by atoms with Crippen LogP contribution in [0.25, 0.3) is 11.0 Å². The highest BCUT2D eigenvalue weighted by molar-refractivity contribution is 7.47. The number of hydrogen-bond acceptors (Lipinski definition) is 10. The first-order valence-electron chi connectivity index (χ1n) is 8.16. The number of aliphatic hydroxyl groups is 5. The predicted octanol–water partition coefficient (Wildman–Crippen LogP) is -1.22. The Morgan fingerprint density at radius 1 is 0.964 bits per heavy atom. The van der Waals surface area contributed by atoms with E-state index in [1.165, 1.54) is 24.3 Å². The van der Waals surface area contributed by atoms with Crippen molar-refractivity contribution in [3.63, 3.8) is 0 Å². The Morgan fingerprint density at radius 3 is 2.14 bits per heavy atom. The smallest absolute Gasteiger partial charge is 0.423 e. The van der Waals surface area contributed by atoms with Crippen molar-refractivity contribution < 1.29 is 48.5 Å². The van der Waals surface area contributed by atoms with Crippen LogP contribution in [0.4, 0.5) is 0 Å². The number of phosphoric acid groups is 1. The number of aryl methyl sites for hydroxylation is 1. The van der Waals surface area contributed by atoms with Gasteiger partial charge in [0.1, 0.15) is 48.0 Å². The number of benzene rings is 1. The van der Waals surface area contributed by atoms with E-state index in [-0.39, 0.29) is 11.3 Å². The SMILES string of the molecule is Cc1cc(=O)oc2cc(OP(=O)(O)OC3C(O)C(O)C(O)C(O)C3O)ccc12. The van der Waals surface area contributed by atoms with E-state index in [2.05, 4.69) is 0 Å². The van der Waals surface area contributed by atoms with E-state index in [0.29, 0.717) is 10.9 Å². The lowest BCUT2D eigenvalue weighted by atomic mass is 9.85. The maximum atomic E-state index is 12.3. The molecule has 0 spiro atoms. The summed E-state index contributed by atoms with van der Waals surface area (Å²) in [7, 11) is -4.98. The molecule has 1 aromatic heterocycles. The number of rotatable bonds is 4. The summed E-state index contributed by atoms with van der Waals surface area (Å²) in [5, 5.41) is 49.2. The van der Waals surface area contributed by atoms with E-state index in [0.717, 1.165) is 0 Å². The van der Waals surface area contributed by atoms with Gasteiger partial charge in [0.25, 0.3) is 0 Å². The highest BCUT2D eigenvalue weighted by atomic mass is 31.2. The molecule has 1 aliphatic rings. The van der Waals surface area contributed by atoms with Crippen molar-refractivity contribution >= 4 is 18.8 Å². The van der Waals surface area contributed by atoms with E-state index in [4.69, 9.17) is 13.5 Å². The minimum Gasteiger partial charge on any atom is -0.423 e. The van der Waals surface area contributed by atoms with Crippen molar-refractivity contribution in [1.29, 1.82) is 0 Å². The first-order valence-corrected chi connectivity index (χ1v) is 9.65. The molecule has 1 aliphatic carbocycles. The zero-order valence-corrected chi connectivity index (χ0v) is 15.3. The van der Waals surface area contributed by atoms with Crippen molar-refractivity contribution in [2.24, 2.45) is 0 Å². The lowest BCUT2D eigenvalue weighted by Gasteiger charge is -2.41. The minimum absolute atomic E-state index is 0.0919. The minimum atomic E-state index is -4.98. The molecule has 6 N–H and O–H groups in total. The summed E-state index contributed by atoms with van der Waals surface area (Å²) in [6.07, 6.45) is -11.6. The molecule has 1 saturated carbocycles. The standard InChI is InChI=1S/C16H19O11P/c1-6-4-10(17)25-9-5-7(2-3-8(6)9)26-28(23,24)27-16-14(21)12(19)11(18)13(20)15(16)22/h2-5,11-16,18-22H,1H3,(H,23,24). The van der Waals surface area contributed by atoms with Gasteiger partial charge in [0.2, 0.25) is 0 Å². The molecule has 11 nitrogen and oxygen atoms in total. The third kappa shape index (κ3) is 3.97. The van der Waals surface area contributed by atoms with E-state index >= 15 is 0 Å². The van der Waals surface area contributed by atoms with Gasteiger partial charge in [0, 0.05) is 17.5 Å². The van der Waals surface area contributed by atoms with E-state index in [9.17, 15) is 39.8 Å². The molecule has 0 aliphatic heterocycles. The van der Waals surface area contributed by atoms with Crippen LogP contribution in [0.3, 0.4) is 0 Å². The first-order chi connectivity index (χ1) is 13.0. The molecule has 154 valence electrons. The molecule has 0 amide bonds. The average molecular weight is 418 g/mol. The Labute approximate surface area is 157 Å². The zero-order valence-electron chi connectivity index (χ0n) is 14.4. The summed E-state index contributed by atoms with van der Waals surface area (Å²) < 4.78 is 26.9. The van der Waals surface area contributed by atoms with Crippen LogP contribution in [0.5, 0.6) is 5.75 Å². The molecule has 5 atom stereocenters. The normalized spacial score (nSPS) is 32.8. The maximum absolute atomic E-state index is 12.3. The molecule has 12 heteroatoms. The molecule has 2 aromatic rings. The fourth-order valence-electron chi connectivity index (χ4n) is 2.99. The summed E-state index contributed by atoms with van der Waals surface area (Å²) in [4.78, 5) is 21.4. The highest BCUT2D eigenvalue weighted by Gasteiger charge is 2.51.